The first-order valence-electron chi connectivity index (χ1n) is 6.93. The van der Waals surface area contributed by atoms with E-state index in [4.69, 9.17) is 5.26 Å². The topological polar surface area (TPSA) is 87.0 Å². The van der Waals surface area contributed by atoms with Crippen molar-refractivity contribution in [3.63, 3.8) is 0 Å². The lowest BCUT2D eigenvalue weighted by Crippen LogP contribution is -2.28. The molecule has 0 bridgehead atoms. The molecule has 1 atom stereocenters. The molecule has 2 aromatic rings. The Hall–Kier alpha value is -2.65. The third-order valence-electron chi connectivity index (χ3n) is 3.42. The van der Waals surface area contributed by atoms with Crippen LogP contribution in [0, 0.1) is 11.3 Å². The second-order valence-electron chi connectivity index (χ2n) is 5.20. The molecule has 0 saturated heterocycles. The van der Waals surface area contributed by atoms with Gasteiger partial charge in [-0.15, -0.1) is 0 Å². The molecule has 1 N–H and O–H groups in total. The predicted molar refractivity (Wildman–Crippen MR) is 86.6 cm³/mol. The molecule has 0 aliphatic carbocycles. The van der Waals surface area contributed by atoms with Crippen LogP contribution in [0.5, 0.6) is 0 Å². The van der Waals surface area contributed by atoms with Crippen molar-refractivity contribution in [3.8, 4) is 6.07 Å². The lowest BCUT2D eigenvalue weighted by atomic mass is 10.1. The molecule has 0 spiro atoms. The second-order valence-corrected chi connectivity index (χ2v) is 7.18. The highest BCUT2D eigenvalue weighted by molar-refractivity contribution is 7.90. The van der Waals surface area contributed by atoms with Gasteiger partial charge in [0.15, 0.2) is 9.84 Å². The van der Waals surface area contributed by atoms with Gasteiger partial charge in [-0.2, -0.15) is 5.26 Å². The van der Waals surface area contributed by atoms with Gasteiger partial charge in [0.1, 0.15) is 0 Å². The molecule has 0 saturated carbocycles. The maximum Gasteiger partial charge on any atom is 0.253 e. The molecule has 0 aliphatic rings. The first-order valence-corrected chi connectivity index (χ1v) is 8.82. The van der Waals surface area contributed by atoms with E-state index < -0.39 is 15.7 Å². The predicted octanol–water partition coefficient (Wildman–Crippen LogP) is 2.45. The smallest absolute Gasteiger partial charge is 0.253 e. The number of carbonyl (C=O) groups excluding carboxylic acids is 1. The summed E-state index contributed by atoms with van der Waals surface area (Å²) in [5.74, 6) is -0.456. The standard InChI is InChI=1S/C17H16N2O3S/c1-12(14-9-7-13(11-18)8-10-14)19-17(20)15-5-3-4-6-16(15)23(2,21)22/h3-10,12H,1-2H3,(H,19,20). The van der Waals surface area contributed by atoms with Crippen molar-refractivity contribution in [2.45, 2.75) is 17.9 Å². The number of sulfone groups is 1. The highest BCUT2D eigenvalue weighted by atomic mass is 32.2. The van der Waals surface area contributed by atoms with E-state index in [0.29, 0.717) is 5.56 Å². The molecule has 0 heterocycles. The average molecular weight is 328 g/mol. The average Bonchev–Trinajstić information content (AvgIpc) is 2.54. The minimum atomic E-state index is -3.48. The Bertz CT molecular complexity index is 865. The van der Waals surface area contributed by atoms with E-state index in [1.807, 2.05) is 6.07 Å². The largest absolute Gasteiger partial charge is 0.345 e. The molecule has 23 heavy (non-hydrogen) atoms. The third kappa shape index (κ3) is 3.96. The summed E-state index contributed by atoms with van der Waals surface area (Å²) in [6.07, 6.45) is 1.07. The van der Waals surface area contributed by atoms with E-state index in [2.05, 4.69) is 5.32 Å². The van der Waals surface area contributed by atoms with E-state index in [1.165, 1.54) is 12.1 Å². The van der Waals surface area contributed by atoms with Crippen molar-refractivity contribution in [2.75, 3.05) is 6.26 Å². The van der Waals surface area contributed by atoms with Gasteiger partial charge in [-0.1, -0.05) is 24.3 Å². The van der Waals surface area contributed by atoms with Gasteiger partial charge in [-0.05, 0) is 36.8 Å². The molecule has 1 amide bonds. The maximum absolute atomic E-state index is 12.4. The van der Waals surface area contributed by atoms with Gasteiger partial charge in [0.25, 0.3) is 5.91 Å². The number of nitrogens with zero attached hydrogens (tertiary/aromatic N) is 1. The lowest BCUT2D eigenvalue weighted by molar-refractivity contribution is 0.0936. The van der Waals surface area contributed by atoms with Crippen molar-refractivity contribution >= 4 is 15.7 Å². The van der Waals surface area contributed by atoms with Crippen molar-refractivity contribution < 1.29 is 13.2 Å². The quantitative estimate of drug-likeness (QED) is 0.934. The number of nitriles is 1. The number of amides is 1. The van der Waals surface area contributed by atoms with E-state index >= 15 is 0 Å². The Morgan fingerprint density at radius 1 is 1.13 bits per heavy atom. The number of benzene rings is 2. The van der Waals surface area contributed by atoms with Crippen LogP contribution in [-0.2, 0) is 9.84 Å². The van der Waals surface area contributed by atoms with Crippen LogP contribution in [0.15, 0.2) is 53.4 Å². The monoisotopic (exact) mass is 328 g/mol. The van der Waals surface area contributed by atoms with Gasteiger partial charge in [-0.25, -0.2) is 8.42 Å². The summed E-state index contributed by atoms with van der Waals surface area (Å²) in [5, 5.41) is 11.6. The van der Waals surface area contributed by atoms with Crippen molar-refractivity contribution in [1.82, 2.24) is 5.32 Å². The maximum atomic E-state index is 12.4. The number of rotatable bonds is 4. The van der Waals surface area contributed by atoms with E-state index in [-0.39, 0.29) is 16.5 Å². The van der Waals surface area contributed by atoms with Crippen molar-refractivity contribution in [3.05, 3.63) is 65.2 Å². The normalized spacial score (nSPS) is 12.2. The molecule has 0 aliphatic heterocycles. The second kappa shape index (κ2) is 6.63. The zero-order chi connectivity index (χ0) is 17.0. The van der Waals surface area contributed by atoms with Crippen LogP contribution in [-0.4, -0.2) is 20.6 Å². The highest BCUT2D eigenvalue weighted by Crippen LogP contribution is 2.18. The molecular weight excluding hydrogens is 312 g/mol. The number of nitrogens with one attached hydrogen (secondary N) is 1. The number of hydrogen-bond donors (Lipinski definition) is 1. The van der Waals surface area contributed by atoms with Crippen molar-refractivity contribution in [2.24, 2.45) is 0 Å². The minimum Gasteiger partial charge on any atom is -0.345 e. The Labute approximate surface area is 135 Å². The molecule has 0 aromatic heterocycles. The van der Waals surface area contributed by atoms with Crippen LogP contribution < -0.4 is 5.32 Å². The first-order chi connectivity index (χ1) is 10.8. The molecule has 2 aromatic carbocycles. The van der Waals surface area contributed by atoms with Crippen molar-refractivity contribution in [1.29, 1.82) is 5.26 Å². The molecule has 5 nitrogen and oxygen atoms in total. The minimum absolute atomic E-state index is 0.00419. The van der Waals surface area contributed by atoms with Gasteiger partial charge >= 0.3 is 0 Å². The van der Waals surface area contributed by atoms with E-state index in [1.54, 1.807) is 43.3 Å². The van der Waals surface area contributed by atoms with Gasteiger partial charge in [0.2, 0.25) is 0 Å². The van der Waals surface area contributed by atoms with Crippen LogP contribution in [0.2, 0.25) is 0 Å². The Balaban J connectivity index is 2.24. The summed E-state index contributed by atoms with van der Waals surface area (Å²) >= 11 is 0. The van der Waals surface area contributed by atoms with Crippen LogP contribution >= 0.6 is 0 Å². The van der Waals surface area contributed by atoms with Gasteiger partial charge in [0, 0.05) is 6.26 Å². The number of carbonyl (C=O) groups is 1. The summed E-state index contributed by atoms with van der Waals surface area (Å²) in [7, 11) is -3.48. The Morgan fingerprint density at radius 3 is 2.30 bits per heavy atom. The summed E-state index contributed by atoms with van der Waals surface area (Å²) in [6, 6.07) is 14.7. The molecule has 118 valence electrons. The number of hydrogen-bond acceptors (Lipinski definition) is 4. The van der Waals surface area contributed by atoms with E-state index in [0.717, 1.165) is 11.8 Å². The molecule has 0 fully saturated rings. The fourth-order valence-electron chi connectivity index (χ4n) is 2.18. The highest BCUT2D eigenvalue weighted by Gasteiger charge is 2.19. The van der Waals surface area contributed by atoms with Gasteiger partial charge in [-0.3, -0.25) is 4.79 Å². The molecular formula is C17H16N2O3S. The fourth-order valence-corrected chi connectivity index (χ4v) is 3.07. The Kier molecular flexibility index (Phi) is 4.82. The lowest BCUT2D eigenvalue weighted by Gasteiger charge is -2.15. The van der Waals surface area contributed by atoms with Crippen LogP contribution in [0.4, 0.5) is 0 Å². The molecule has 2 rings (SSSR count). The van der Waals surface area contributed by atoms with Gasteiger partial charge < -0.3 is 5.32 Å². The van der Waals surface area contributed by atoms with Gasteiger partial charge in [0.05, 0.1) is 28.1 Å². The zero-order valence-electron chi connectivity index (χ0n) is 12.8. The molecule has 1 unspecified atom stereocenters. The summed E-state index contributed by atoms with van der Waals surface area (Å²) in [6.45, 7) is 1.79. The summed E-state index contributed by atoms with van der Waals surface area (Å²) in [4.78, 5) is 12.4. The summed E-state index contributed by atoms with van der Waals surface area (Å²) in [5.41, 5.74) is 1.49. The summed E-state index contributed by atoms with van der Waals surface area (Å²) < 4.78 is 23.5. The third-order valence-corrected chi connectivity index (χ3v) is 4.57. The van der Waals surface area contributed by atoms with Crippen LogP contribution in [0.25, 0.3) is 0 Å². The molecule has 0 radical (unpaired) electrons. The van der Waals surface area contributed by atoms with E-state index in [9.17, 15) is 13.2 Å². The van der Waals surface area contributed by atoms with Crippen LogP contribution in [0.3, 0.4) is 0 Å². The first kappa shape index (κ1) is 16.7. The van der Waals surface area contributed by atoms with Crippen LogP contribution in [0.1, 0.15) is 34.5 Å². The zero-order valence-corrected chi connectivity index (χ0v) is 13.6. The fraction of sp³-hybridized carbons (Fsp3) is 0.176. The molecule has 6 heteroatoms. The Morgan fingerprint density at radius 2 is 1.74 bits per heavy atom. The SMILES string of the molecule is CC(NC(=O)c1ccccc1S(C)(=O)=O)c1ccc(C#N)cc1.